The van der Waals surface area contributed by atoms with Crippen molar-refractivity contribution in [3.63, 3.8) is 0 Å². The third kappa shape index (κ3) is 6.20. The van der Waals surface area contributed by atoms with Gasteiger partial charge in [0.2, 0.25) is 5.89 Å². The molecule has 8 heteroatoms. The van der Waals surface area contributed by atoms with Crippen LogP contribution in [-0.2, 0) is 18.5 Å². The lowest BCUT2D eigenvalue weighted by Gasteiger charge is -2.11. The van der Waals surface area contributed by atoms with Crippen LogP contribution in [0.4, 0.5) is 0 Å². The van der Waals surface area contributed by atoms with Gasteiger partial charge < -0.3 is 19.7 Å². The third-order valence-corrected chi connectivity index (χ3v) is 3.08. The van der Waals surface area contributed by atoms with Gasteiger partial charge in [-0.3, -0.25) is 4.99 Å². The molecule has 0 saturated carbocycles. The Labute approximate surface area is 154 Å². The lowest BCUT2D eigenvalue weighted by Crippen LogP contribution is -2.38. The Kier molecular flexibility index (Phi) is 7.53. The molecule has 23 heavy (non-hydrogen) atoms. The smallest absolute Gasteiger partial charge is 0.232 e. The summed E-state index contributed by atoms with van der Waals surface area (Å²) in [6.07, 6.45) is 4.07. The van der Waals surface area contributed by atoms with Crippen LogP contribution in [0, 0.1) is 0 Å². The standard InChI is InChI=1S/C15H24N6O.HI/c1-15(2,3)13-19-12(20-22-13)11-18-14(16-4)17-7-10-21-8-5-6-9-21;/h5-6,8-9H,7,10-11H2,1-4H3,(H2,16,17,18);1H. The molecule has 0 spiro atoms. The largest absolute Gasteiger partial charge is 0.355 e. The number of hydrogen-bond donors (Lipinski definition) is 2. The van der Waals surface area contributed by atoms with Crippen LogP contribution in [0.5, 0.6) is 0 Å². The zero-order valence-electron chi connectivity index (χ0n) is 14.0. The predicted molar refractivity (Wildman–Crippen MR) is 101 cm³/mol. The first-order chi connectivity index (χ1) is 10.5. The van der Waals surface area contributed by atoms with E-state index in [1.165, 1.54) is 0 Å². The van der Waals surface area contributed by atoms with Crippen molar-refractivity contribution in [3.8, 4) is 0 Å². The molecule has 0 bridgehead atoms. The first-order valence-corrected chi connectivity index (χ1v) is 7.37. The second-order valence-electron chi connectivity index (χ2n) is 6.04. The summed E-state index contributed by atoms with van der Waals surface area (Å²) < 4.78 is 7.37. The van der Waals surface area contributed by atoms with Gasteiger partial charge in [-0.05, 0) is 12.1 Å². The highest BCUT2D eigenvalue weighted by atomic mass is 127. The van der Waals surface area contributed by atoms with E-state index in [4.69, 9.17) is 4.52 Å². The lowest BCUT2D eigenvalue weighted by atomic mass is 9.97. The Morgan fingerprint density at radius 1 is 1.26 bits per heavy atom. The molecule has 128 valence electrons. The fraction of sp³-hybridized carbons (Fsp3) is 0.533. The topological polar surface area (TPSA) is 80.3 Å². The highest BCUT2D eigenvalue weighted by molar-refractivity contribution is 14.0. The van der Waals surface area contributed by atoms with Crippen molar-refractivity contribution in [2.24, 2.45) is 4.99 Å². The van der Waals surface area contributed by atoms with Gasteiger partial charge in [-0.15, -0.1) is 24.0 Å². The molecule has 7 nitrogen and oxygen atoms in total. The lowest BCUT2D eigenvalue weighted by molar-refractivity contribution is 0.318. The molecule has 0 aliphatic carbocycles. The number of nitrogens with one attached hydrogen (secondary N) is 2. The van der Waals surface area contributed by atoms with Crippen LogP contribution >= 0.6 is 24.0 Å². The molecule has 0 aliphatic heterocycles. The minimum atomic E-state index is -0.137. The average molecular weight is 432 g/mol. The molecule has 2 rings (SSSR count). The van der Waals surface area contributed by atoms with Crippen molar-refractivity contribution in [2.75, 3.05) is 13.6 Å². The van der Waals surface area contributed by atoms with Crippen molar-refractivity contribution < 1.29 is 4.52 Å². The summed E-state index contributed by atoms with van der Waals surface area (Å²) in [6, 6.07) is 4.02. The van der Waals surface area contributed by atoms with E-state index >= 15 is 0 Å². The fourth-order valence-corrected chi connectivity index (χ4v) is 1.84. The summed E-state index contributed by atoms with van der Waals surface area (Å²) >= 11 is 0. The quantitative estimate of drug-likeness (QED) is 0.430. The molecule has 2 heterocycles. The van der Waals surface area contributed by atoms with Crippen LogP contribution in [0.1, 0.15) is 32.5 Å². The van der Waals surface area contributed by atoms with E-state index in [0.29, 0.717) is 24.2 Å². The minimum absolute atomic E-state index is 0. The molecule has 0 saturated heterocycles. The molecule has 0 aliphatic rings. The fourth-order valence-electron chi connectivity index (χ4n) is 1.84. The van der Waals surface area contributed by atoms with Crippen LogP contribution in [0.3, 0.4) is 0 Å². The molecule has 2 N–H and O–H groups in total. The molecular weight excluding hydrogens is 407 g/mol. The Morgan fingerprint density at radius 2 is 1.96 bits per heavy atom. The van der Waals surface area contributed by atoms with Crippen molar-refractivity contribution >= 4 is 29.9 Å². The molecule has 0 unspecified atom stereocenters. The maximum atomic E-state index is 5.26. The van der Waals surface area contributed by atoms with Gasteiger partial charge in [-0.2, -0.15) is 4.98 Å². The van der Waals surface area contributed by atoms with Gasteiger partial charge in [-0.25, -0.2) is 0 Å². The van der Waals surface area contributed by atoms with Crippen LogP contribution < -0.4 is 10.6 Å². The SMILES string of the molecule is CN=C(NCCn1cccc1)NCc1noc(C(C)(C)C)n1.I. The third-order valence-electron chi connectivity index (χ3n) is 3.08. The molecule has 2 aromatic rings. The molecule has 0 amide bonds. The Morgan fingerprint density at radius 3 is 2.52 bits per heavy atom. The molecule has 0 aromatic carbocycles. The second kappa shape index (κ2) is 8.90. The number of guanidine groups is 1. The number of halogens is 1. The van der Waals surface area contributed by atoms with E-state index in [0.717, 1.165) is 13.1 Å². The van der Waals surface area contributed by atoms with Crippen LogP contribution in [-0.4, -0.2) is 34.3 Å². The molecule has 2 aromatic heterocycles. The zero-order valence-corrected chi connectivity index (χ0v) is 16.4. The normalized spacial score (nSPS) is 11.9. The van der Waals surface area contributed by atoms with E-state index in [1.807, 2.05) is 45.3 Å². The highest BCUT2D eigenvalue weighted by Crippen LogP contribution is 2.19. The summed E-state index contributed by atoms with van der Waals surface area (Å²) in [7, 11) is 1.74. The summed E-state index contributed by atoms with van der Waals surface area (Å²) in [5.41, 5.74) is -0.137. The zero-order chi connectivity index (χ0) is 16.0. The van der Waals surface area contributed by atoms with Crippen molar-refractivity contribution in [3.05, 3.63) is 36.2 Å². The molecule has 0 fully saturated rings. The van der Waals surface area contributed by atoms with E-state index in [2.05, 4.69) is 30.3 Å². The molecule has 0 radical (unpaired) electrons. The van der Waals surface area contributed by atoms with Crippen LogP contribution in [0.2, 0.25) is 0 Å². The van der Waals surface area contributed by atoms with Gasteiger partial charge in [0.15, 0.2) is 11.8 Å². The average Bonchev–Trinajstić information content (AvgIpc) is 3.13. The number of aliphatic imine (C=N–C) groups is 1. The Bertz CT molecular complexity index is 600. The van der Waals surface area contributed by atoms with Crippen molar-refractivity contribution in [1.82, 2.24) is 25.3 Å². The van der Waals surface area contributed by atoms with Gasteiger partial charge in [0.05, 0.1) is 6.54 Å². The van der Waals surface area contributed by atoms with Gasteiger partial charge in [0.1, 0.15) is 0 Å². The van der Waals surface area contributed by atoms with Gasteiger partial charge in [0, 0.05) is 37.9 Å². The number of rotatable bonds is 5. The Hall–Kier alpha value is -1.58. The summed E-state index contributed by atoms with van der Waals surface area (Å²) in [5, 5.41) is 10.4. The second-order valence-corrected chi connectivity index (χ2v) is 6.04. The van der Waals surface area contributed by atoms with Gasteiger partial charge >= 0.3 is 0 Å². The first-order valence-electron chi connectivity index (χ1n) is 7.37. The maximum absolute atomic E-state index is 5.26. The van der Waals surface area contributed by atoms with Gasteiger partial charge in [-0.1, -0.05) is 25.9 Å². The summed E-state index contributed by atoms with van der Waals surface area (Å²) in [4.78, 5) is 8.56. The summed E-state index contributed by atoms with van der Waals surface area (Å²) in [5.74, 6) is 1.98. The monoisotopic (exact) mass is 432 g/mol. The van der Waals surface area contributed by atoms with Crippen LogP contribution in [0.25, 0.3) is 0 Å². The van der Waals surface area contributed by atoms with E-state index < -0.39 is 0 Å². The minimum Gasteiger partial charge on any atom is -0.355 e. The highest BCUT2D eigenvalue weighted by Gasteiger charge is 2.21. The summed E-state index contributed by atoms with van der Waals surface area (Å²) in [6.45, 7) is 8.26. The molecule has 0 atom stereocenters. The maximum Gasteiger partial charge on any atom is 0.232 e. The van der Waals surface area contributed by atoms with Crippen LogP contribution in [0.15, 0.2) is 34.0 Å². The van der Waals surface area contributed by atoms with Crippen molar-refractivity contribution in [2.45, 2.75) is 39.3 Å². The predicted octanol–water partition coefficient (Wildman–Crippen LogP) is 2.15. The number of hydrogen-bond acceptors (Lipinski definition) is 4. The first kappa shape index (κ1) is 19.5. The van der Waals surface area contributed by atoms with E-state index in [1.54, 1.807) is 7.05 Å². The van der Waals surface area contributed by atoms with Gasteiger partial charge in [0.25, 0.3) is 0 Å². The number of aromatic nitrogens is 3. The van der Waals surface area contributed by atoms with E-state index in [9.17, 15) is 0 Å². The van der Waals surface area contributed by atoms with E-state index in [-0.39, 0.29) is 29.4 Å². The number of nitrogens with zero attached hydrogens (tertiary/aromatic N) is 4. The molecular formula is C15H25IN6O. The van der Waals surface area contributed by atoms with Crippen molar-refractivity contribution in [1.29, 1.82) is 0 Å². The Balaban J connectivity index is 0.00000264.